The maximum atomic E-state index is 4.47. The first kappa shape index (κ1) is 36.9. The highest BCUT2D eigenvalue weighted by molar-refractivity contribution is 7.00. The van der Waals surface area contributed by atoms with Gasteiger partial charge >= 0.3 is 0 Å². The van der Waals surface area contributed by atoms with Crippen LogP contribution in [-0.2, 0) is 0 Å². The Balaban J connectivity index is 1.92. The molecule has 0 saturated carbocycles. The number of hydrogen-bond acceptors (Lipinski definition) is 0. The normalized spacial score (nSPS) is 12.0. The molecule has 0 spiro atoms. The molecule has 5 rings (SSSR count). The van der Waals surface area contributed by atoms with Crippen LogP contribution in [0.1, 0.15) is 88.8 Å². The fourth-order valence-corrected chi connectivity index (χ4v) is 16.0. The van der Waals surface area contributed by atoms with Gasteiger partial charge in [-0.15, -0.1) is 37.4 Å². The van der Waals surface area contributed by atoms with Crippen LogP contribution in [0.5, 0.6) is 0 Å². The summed E-state index contributed by atoms with van der Waals surface area (Å²) in [6.45, 7) is 44.4. The zero-order chi connectivity index (χ0) is 37.0. The quantitative estimate of drug-likeness (QED) is 0.0947. The third kappa shape index (κ3) is 5.84. The maximum Gasteiger partial charge on any atom is 0.192 e. The molecule has 0 atom stereocenters. The Labute approximate surface area is 304 Å². The zero-order valence-electron chi connectivity index (χ0n) is 32.6. The molecule has 0 nitrogen and oxygen atoms in total. The maximum absolute atomic E-state index is 4.47. The van der Waals surface area contributed by atoms with E-state index >= 15 is 0 Å². The Morgan fingerprint density at radius 3 is 1.02 bits per heavy atom. The van der Waals surface area contributed by atoms with Crippen LogP contribution in [0.2, 0.25) is 11.1 Å². The Bertz CT molecular complexity index is 2240. The lowest BCUT2D eigenvalue weighted by Crippen LogP contribution is -2.40. The van der Waals surface area contributed by atoms with Gasteiger partial charge in [-0.3, -0.25) is 0 Å². The van der Waals surface area contributed by atoms with E-state index in [0.29, 0.717) is 11.1 Å². The molecule has 5 aromatic carbocycles. The van der Waals surface area contributed by atoms with E-state index in [4.69, 9.17) is 0 Å². The molecule has 0 radical (unpaired) electrons. The Hall–Kier alpha value is -4.35. The molecule has 0 aromatic heterocycles. The molecule has 0 heterocycles. The predicted octanol–water partition coefficient (Wildman–Crippen LogP) is 13.5. The summed E-state index contributed by atoms with van der Waals surface area (Å²) in [6.07, 6.45) is 0. The second-order valence-corrected chi connectivity index (χ2v) is 25.0. The molecule has 50 heavy (non-hydrogen) atoms. The van der Waals surface area contributed by atoms with Gasteiger partial charge in [-0.25, -0.2) is 0 Å². The second kappa shape index (κ2) is 13.4. The van der Waals surface area contributed by atoms with E-state index in [2.05, 4.69) is 181 Å². The van der Waals surface area contributed by atoms with Gasteiger partial charge in [0.1, 0.15) is 0 Å². The van der Waals surface area contributed by atoms with E-state index < -0.39 is 16.1 Å². The number of fused-ring (bicyclic) bond motifs is 4. The van der Waals surface area contributed by atoms with Crippen molar-refractivity contribution in [2.75, 3.05) is 0 Å². The van der Waals surface area contributed by atoms with Crippen LogP contribution < -0.4 is 0 Å². The van der Waals surface area contributed by atoms with Crippen LogP contribution in [0.15, 0.2) is 95.6 Å². The van der Waals surface area contributed by atoms with Crippen molar-refractivity contribution in [2.24, 2.45) is 0 Å². The van der Waals surface area contributed by atoms with Gasteiger partial charge in [-0.05, 0) is 168 Å². The molecule has 0 aliphatic carbocycles. The van der Waals surface area contributed by atoms with Crippen LogP contribution in [0.25, 0.3) is 43.1 Å². The summed E-state index contributed by atoms with van der Waals surface area (Å²) in [7, 11) is -4.76. The van der Waals surface area contributed by atoms with Crippen molar-refractivity contribution < 1.29 is 0 Å². The first-order valence-electron chi connectivity index (χ1n) is 17.9. The molecular weight excluding hydrogens is 633 g/mol. The van der Waals surface area contributed by atoms with Gasteiger partial charge in [0.2, 0.25) is 0 Å². The lowest BCUT2D eigenvalue weighted by Gasteiger charge is -2.31. The standard InChI is InChI=1S/C48H54Si2/c1-29(2)49(30(3)4,31(5)6)21-19-43-37(15)47-27-41-23-39-25-45-35(13)17-18-36(14)46(45)26-40(39)24-42(41)28-48(47)38(16)44(43)20-22-50(32(7)8,33(9)10)34(11)12/h17-18,23-28,31,34H,1,3,7,9H2,2,4-6,8,10-16H3. The molecule has 0 N–H and O–H groups in total. The molecule has 0 saturated heterocycles. The zero-order valence-corrected chi connectivity index (χ0v) is 34.6. The van der Waals surface area contributed by atoms with Crippen molar-refractivity contribution in [3.8, 4) is 22.9 Å². The molecule has 0 unspecified atom stereocenters. The van der Waals surface area contributed by atoms with Gasteiger partial charge in [0.25, 0.3) is 0 Å². The van der Waals surface area contributed by atoms with Crippen molar-refractivity contribution >= 4 is 59.2 Å². The Kier molecular flexibility index (Phi) is 9.90. The summed E-state index contributed by atoms with van der Waals surface area (Å²) in [5, 5.41) is 14.7. The van der Waals surface area contributed by atoms with E-state index in [-0.39, 0.29) is 0 Å². The van der Waals surface area contributed by atoms with E-state index in [1.165, 1.54) is 65.3 Å². The van der Waals surface area contributed by atoms with E-state index in [1.54, 1.807) is 0 Å². The van der Waals surface area contributed by atoms with Gasteiger partial charge < -0.3 is 0 Å². The minimum atomic E-state index is -2.38. The molecule has 0 bridgehead atoms. The largest absolute Gasteiger partial charge is 0.192 e. The van der Waals surface area contributed by atoms with Crippen molar-refractivity contribution in [1.82, 2.24) is 0 Å². The average Bonchev–Trinajstić information content (AvgIpc) is 3.03. The van der Waals surface area contributed by atoms with E-state index in [0.717, 1.165) is 31.9 Å². The minimum absolute atomic E-state index is 0.356. The Morgan fingerprint density at radius 1 is 0.480 bits per heavy atom. The molecule has 5 aromatic rings. The third-order valence-corrected chi connectivity index (χ3v) is 21.4. The molecule has 0 fully saturated rings. The molecule has 0 amide bonds. The lowest BCUT2D eigenvalue weighted by molar-refractivity contribution is 1.02. The van der Waals surface area contributed by atoms with Crippen LogP contribution >= 0.6 is 0 Å². The van der Waals surface area contributed by atoms with Crippen LogP contribution in [-0.4, -0.2) is 16.1 Å². The fraction of sp³-hybridized carbons (Fsp3) is 0.292. The summed E-state index contributed by atoms with van der Waals surface area (Å²) < 4.78 is 0. The van der Waals surface area contributed by atoms with Crippen LogP contribution in [0.3, 0.4) is 0 Å². The first-order chi connectivity index (χ1) is 23.4. The molecule has 0 aliphatic heterocycles. The summed E-state index contributed by atoms with van der Waals surface area (Å²) in [5.74, 6) is 7.58. The fourth-order valence-electron chi connectivity index (χ4n) is 8.50. The molecular formula is C48H54Si2. The molecule has 254 valence electrons. The smallest absolute Gasteiger partial charge is 0.115 e. The predicted molar refractivity (Wildman–Crippen MR) is 230 cm³/mol. The van der Waals surface area contributed by atoms with Gasteiger partial charge in [-0.1, -0.05) is 72.5 Å². The second-order valence-electron chi connectivity index (χ2n) is 15.6. The van der Waals surface area contributed by atoms with Crippen molar-refractivity contribution in [2.45, 2.75) is 94.2 Å². The van der Waals surface area contributed by atoms with Crippen LogP contribution in [0, 0.1) is 50.6 Å². The number of aryl methyl sites for hydroxylation is 4. The van der Waals surface area contributed by atoms with E-state index in [9.17, 15) is 0 Å². The highest BCUT2D eigenvalue weighted by Gasteiger charge is 2.38. The van der Waals surface area contributed by atoms with Gasteiger partial charge in [0, 0.05) is 11.1 Å². The molecule has 2 heteroatoms. The average molecular weight is 687 g/mol. The summed E-state index contributed by atoms with van der Waals surface area (Å²) in [5.41, 5.74) is 15.5. The van der Waals surface area contributed by atoms with Gasteiger partial charge in [-0.2, -0.15) is 0 Å². The molecule has 0 aliphatic rings. The van der Waals surface area contributed by atoms with Gasteiger partial charge in [0.15, 0.2) is 16.1 Å². The first-order valence-corrected chi connectivity index (χ1v) is 22.1. The lowest BCUT2D eigenvalue weighted by atomic mass is 9.88. The number of allylic oxidation sites excluding steroid dienone is 4. The highest BCUT2D eigenvalue weighted by atomic mass is 28.3. The minimum Gasteiger partial charge on any atom is -0.115 e. The van der Waals surface area contributed by atoms with E-state index in [1.807, 2.05) is 0 Å². The number of rotatable bonds is 6. The number of benzene rings is 5. The summed E-state index contributed by atoms with van der Waals surface area (Å²) >= 11 is 0. The monoisotopic (exact) mass is 686 g/mol. The topological polar surface area (TPSA) is 0 Å². The van der Waals surface area contributed by atoms with Crippen LogP contribution in [0.4, 0.5) is 0 Å². The third-order valence-electron chi connectivity index (χ3n) is 11.5. The highest BCUT2D eigenvalue weighted by Crippen LogP contribution is 2.38. The SMILES string of the molecule is C=C(C)[Si](C#Cc1c(C#C[Si](C(=C)C)(C(=C)C)C(C)C)c(C)c2cc3cc4cc5c(C)ccc(C)c5cc4cc3cc2c1C)(C(=C)C)C(C)C. The van der Waals surface area contributed by atoms with Crippen molar-refractivity contribution in [3.63, 3.8) is 0 Å². The van der Waals surface area contributed by atoms with Gasteiger partial charge in [0.05, 0.1) is 0 Å². The van der Waals surface area contributed by atoms with Crippen molar-refractivity contribution in [3.05, 3.63) is 129 Å². The van der Waals surface area contributed by atoms with Crippen molar-refractivity contribution in [1.29, 1.82) is 0 Å². The number of hydrogen-bond donors (Lipinski definition) is 0. The Morgan fingerprint density at radius 2 is 0.760 bits per heavy atom. The summed E-state index contributed by atoms with van der Waals surface area (Å²) in [4.78, 5) is 0. The summed E-state index contributed by atoms with van der Waals surface area (Å²) in [6, 6.07) is 18.7.